The third-order valence-corrected chi connectivity index (χ3v) is 1.84. The van der Waals surface area contributed by atoms with E-state index in [4.69, 9.17) is 32.4 Å². The number of hydrogen-bond donors (Lipinski definition) is 0. The molecule has 1 saturated carbocycles. The minimum atomic E-state index is -2.04. The highest BCUT2D eigenvalue weighted by molar-refractivity contribution is 5.86. The van der Waals surface area contributed by atoms with Crippen LogP contribution in [0.15, 0.2) is 0 Å². The van der Waals surface area contributed by atoms with Gasteiger partial charge in [0.15, 0.2) is 11.4 Å². The number of hydrogen-bond acceptors (Lipinski definition) is 4. The normalized spacial score (nSPS) is 18.4. The summed E-state index contributed by atoms with van der Waals surface area (Å²) >= 11 is 0. The summed E-state index contributed by atoms with van der Waals surface area (Å²) in [5.74, 6) is -1.45. The van der Waals surface area contributed by atoms with Crippen molar-refractivity contribution in [2.75, 3.05) is 6.61 Å². The Bertz CT molecular complexity index is 271. The third-order valence-electron chi connectivity index (χ3n) is 1.84. The summed E-state index contributed by atoms with van der Waals surface area (Å²) in [7, 11) is 0. The highest BCUT2D eigenvalue weighted by Crippen LogP contribution is 2.41. The summed E-state index contributed by atoms with van der Waals surface area (Å²) in [6.07, 6.45) is 0.852. The van der Waals surface area contributed by atoms with Crippen LogP contribution in [0.2, 0.25) is 0 Å². The van der Waals surface area contributed by atoms with E-state index >= 15 is 0 Å². The molecule has 0 aromatic rings. The van der Waals surface area contributed by atoms with Crippen LogP contribution in [-0.2, 0) is 19.1 Å². The monoisotopic (exact) mass is 206 g/mol. The molecule has 15 heavy (non-hydrogen) atoms. The number of ether oxygens (including phenoxy) is 2. The fourth-order valence-electron chi connectivity index (χ4n) is 0.984. The number of rotatable bonds is 5. The largest absolute Gasteiger partial charge is 0.456 e. The topological polar surface area (TPSA) is 52.6 Å². The van der Waals surface area contributed by atoms with Gasteiger partial charge in [-0.05, 0) is 12.8 Å². The van der Waals surface area contributed by atoms with Gasteiger partial charge in [-0.15, -0.1) is 0 Å². The summed E-state index contributed by atoms with van der Waals surface area (Å²) in [4.78, 5) is 21.9. The number of carbonyl (C=O) groups is 2. The van der Waals surface area contributed by atoms with Gasteiger partial charge in [0.25, 0.3) is 0 Å². The van der Waals surface area contributed by atoms with Gasteiger partial charge in [-0.1, -0.05) is 0 Å². The average Bonchev–Trinajstić information content (AvgIpc) is 2.77. The summed E-state index contributed by atoms with van der Waals surface area (Å²) in [6.45, 7) is 19.8. The molecule has 4 heteroatoms. The van der Waals surface area contributed by atoms with Crippen LogP contribution in [0.25, 0.3) is 0 Å². The predicted octanol–water partition coefficient (Wildman–Crippen LogP) is 0.231. The minimum Gasteiger partial charge on any atom is -0.456 e. The van der Waals surface area contributed by atoms with Gasteiger partial charge in [0.2, 0.25) is 0 Å². The van der Waals surface area contributed by atoms with Crippen molar-refractivity contribution in [2.45, 2.75) is 24.0 Å². The van der Waals surface area contributed by atoms with Crippen LogP contribution in [0.5, 0.6) is 0 Å². The van der Waals surface area contributed by atoms with Gasteiger partial charge in [-0.2, -0.15) is 0 Å². The Morgan fingerprint density at radius 3 is 2.13 bits per heavy atom. The van der Waals surface area contributed by atoms with Crippen molar-refractivity contribution in [3.8, 4) is 0 Å². The van der Waals surface area contributed by atoms with Crippen LogP contribution in [0.1, 0.15) is 12.8 Å². The first-order chi connectivity index (χ1) is 6.75. The number of ketones is 1. The second kappa shape index (κ2) is 3.93. The molecule has 78 valence electrons. The van der Waals surface area contributed by atoms with E-state index in [2.05, 4.69) is 4.74 Å². The van der Waals surface area contributed by atoms with Crippen molar-refractivity contribution in [3.63, 3.8) is 0 Å². The van der Waals surface area contributed by atoms with Crippen molar-refractivity contribution in [2.24, 2.45) is 0 Å². The average molecular weight is 206 g/mol. The van der Waals surface area contributed by atoms with Crippen molar-refractivity contribution in [3.05, 3.63) is 27.7 Å². The Hall–Kier alpha value is -0.900. The highest BCUT2D eigenvalue weighted by Gasteiger charge is 2.54. The zero-order chi connectivity index (χ0) is 11.7. The maximum Gasteiger partial charge on any atom is 0.339 e. The zero-order valence-corrected chi connectivity index (χ0v) is 8.06. The standard InChI is InChI=1S/C11H10O4/c1-8(12)7-14-11(5-6-11)9(13)15-10(2,3)4/h1-4H,5-7H2. The first kappa shape index (κ1) is 12.2. The first-order valence-corrected chi connectivity index (χ1v) is 4.27. The molecule has 0 heterocycles. The summed E-state index contributed by atoms with van der Waals surface area (Å²) in [5, 5.41) is 0. The van der Waals surface area contributed by atoms with Gasteiger partial charge in [0.05, 0.1) is 0 Å². The van der Waals surface area contributed by atoms with Crippen LogP contribution in [0.4, 0.5) is 0 Å². The van der Waals surface area contributed by atoms with Gasteiger partial charge in [-0.25, -0.2) is 4.79 Å². The second-order valence-corrected chi connectivity index (χ2v) is 3.49. The Morgan fingerprint density at radius 1 is 1.27 bits per heavy atom. The maximum absolute atomic E-state index is 11.4. The smallest absolute Gasteiger partial charge is 0.339 e. The molecule has 0 atom stereocenters. The molecule has 1 rings (SSSR count). The quantitative estimate of drug-likeness (QED) is 0.604. The Balaban J connectivity index is 2.48. The van der Waals surface area contributed by atoms with Gasteiger partial charge >= 0.3 is 5.97 Å². The lowest BCUT2D eigenvalue weighted by molar-refractivity contribution is -0.167. The molecule has 1 fully saturated rings. The fourth-order valence-corrected chi connectivity index (χ4v) is 0.984. The molecule has 1 aliphatic rings. The third kappa shape index (κ3) is 3.63. The van der Waals surface area contributed by atoms with Crippen LogP contribution in [0, 0.1) is 27.7 Å². The van der Waals surface area contributed by atoms with Gasteiger partial charge < -0.3 is 9.47 Å². The van der Waals surface area contributed by atoms with E-state index < -0.39 is 23.0 Å². The molecule has 0 unspecified atom stereocenters. The molecule has 0 saturated heterocycles. The summed E-state index contributed by atoms with van der Waals surface area (Å²) < 4.78 is 9.51. The van der Waals surface area contributed by atoms with E-state index in [0.29, 0.717) is 12.8 Å². The number of carbonyl (C=O) groups excluding carboxylic acids is 2. The predicted molar refractivity (Wildman–Crippen MR) is 48.9 cm³/mol. The van der Waals surface area contributed by atoms with Crippen molar-refractivity contribution < 1.29 is 19.1 Å². The highest BCUT2D eigenvalue weighted by atomic mass is 16.6. The van der Waals surface area contributed by atoms with Crippen molar-refractivity contribution in [1.29, 1.82) is 0 Å². The number of Topliss-reactive ketones (excluding diaryl/α,β-unsaturated/α-hetero) is 1. The zero-order valence-electron chi connectivity index (χ0n) is 8.06. The molecule has 1 aliphatic carbocycles. The van der Waals surface area contributed by atoms with Gasteiger partial charge in [0.1, 0.15) is 12.2 Å². The van der Waals surface area contributed by atoms with Crippen LogP contribution in [-0.4, -0.2) is 29.6 Å². The Morgan fingerprint density at radius 2 is 1.80 bits per heavy atom. The summed E-state index contributed by atoms with van der Waals surface area (Å²) in [5.41, 5.74) is -3.19. The summed E-state index contributed by atoms with van der Waals surface area (Å²) in [6, 6.07) is 0. The molecule has 0 amide bonds. The van der Waals surface area contributed by atoms with Crippen molar-refractivity contribution in [1.82, 2.24) is 0 Å². The van der Waals surface area contributed by atoms with Crippen LogP contribution in [0.3, 0.4) is 0 Å². The van der Waals surface area contributed by atoms with E-state index in [9.17, 15) is 9.59 Å². The fraction of sp³-hybridized carbons (Fsp3) is 0.455. The molecule has 0 aliphatic heterocycles. The maximum atomic E-state index is 11.4. The molecule has 0 spiro atoms. The van der Waals surface area contributed by atoms with Gasteiger partial charge in [-0.3, -0.25) is 4.79 Å². The second-order valence-electron chi connectivity index (χ2n) is 3.49. The lowest BCUT2D eigenvalue weighted by Crippen LogP contribution is -2.36. The number of esters is 1. The molecule has 4 nitrogen and oxygen atoms in total. The van der Waals surface area contributed by atoms with E-state index in [1.54, 1.807) is 0 Å². The molecule has 0 N–H and O–H groups in total. The molecule has 8 radical (unpaired) electrons. The Kier molecular flexibility index (Phi) is 3.19. The Labute approximate surface area is 89.9 Å². The first-order valence-electron chi connectivity index (χ1n) is 4.27. The van der Waals surface area contributed by atoms with E-state index in [1.807, 2.05) is 0 Å². The van der Waals surface area contributed by atoms with E-state index in [1.165, 1.54) is 0 Å². The molecular weight excluding hydrogens is 196 g/mol. The van der Waals surface area contributed by atoms with Crippen molar-refractivity contribution >= 4 is 11.8 Å². The van der Waals surface area contributed by atoms with E-state index in [0.717, 1.165) is 0 Å². The minimum absolute atomic E-state index is 0.359. The molecule has 0 bridgehead atoms. The SMILES string of the molecule is [CH]C(=O)COC1(C(=O)OC([CH])([CH])[CH])CC1. The van der Waals surface area contributed by atoms with E-state index in [-0.39, 0.29) is 6.61 Å². The lowest BCUT2D eigenvalue weighted by Gasteiger charge is -2.22. The van der Waals surface area contributed by atoms with Crippen LogP contribution < -0.4 is 0 Å². The lowest BCUT2D eigenvalue weighted by atomic mass is 10.2. The molecular formula is C11H10O4. The van der Waals surface area contributed by atoms with Gasteiger partial charge in [0, 0.05) is 27.7 Å². The van der Waals surface area contributed by atoms with Crippen LogP contribution >= 0.6 is 0 Å². The molecule has 0 aromatic carbocycles. The molecule has 0 aromatic heterocycles.